The van der Waals surface area contributed by atoms with Gasteiger partial charge >= 0.3 is 0 Å². The summed E-state index contributed by atoms with van der Waals surface area (Å²) in [5.74, 6) is 1.37. The quantitative estimate of drug-likeness (QED) is 0.893. The molecule has 1 fully saturated rings. The van der Waals surface area contributed by atoms with Crippen molar-refractivity contribution in [3.63, 3.8) is 0 Å². The molecule has 1 N–H and O–H groups in total. The van der Waals surface area contributed by atoms with Crippen LogP contribution in [0.4, 0.5) is 5.82 Å². The zero-order chi connectivity index (χ0) is 17.7. The highest BCUT2D eigenvalue weighted by molar-refractivity contribution is 5.98. The Labute approximate surface area is 153 Å². The van der Waals surface area contributed by atoms with Crippen molar-refractivity contribution >= 4 is 11.4 Å². The van der Waals surface area contributed by atoms with E-state index in [1.54, 1.807) is 0 Å². The molecular formula is C21H21N5. The Hall–Kier alpha value is -2.87. The van der Waals surface area contributed by atoms with E-state index in [1.165, 1.54) is 31.2 Å². The summed E-state index contributed by atoms with van der Waals surface area (Å²) in [5.41, 5.74) is 6.53. The minimum absolute atomic E-state index is 0.148. The SMILES string of the molecule is C=C1Nc2nn(C(CC#N)C3CCCC3)cc2-c2ccnc3c2C1=CC3. The van der Waals surface area contributed by atoms with Crippen LogP contribution in [0.15, 0.2) is 36.8 Å². The van der Waals surface area contributed by atoms with Gasteiger partial charge in [0.05, 0.1) is 24.2 Å². The molecule has 1 unspecified atom stereocenters. The first-order valence-electron chi connectivity index (χ1n) is 9.37. The summed E-state index contributed by atoms with van der Waals surface area (Å²) < 4.78 is 2.03. The van der Waals surface area contributed by atoms with Crippen molar-refractivity contribution in [1.29, 1.82) is 5.26 Å². The summed E-state index contributed by atoms with van der Waals surface area (Å²) in [6, 6.07) is 4.59. The molecular weight excluding hydrogens is 322 g/mol. The van der Waals surface area contributed by atoms with Crippen LogP contribution in [-0.4, -0.2) is 14.8 Å². The van der Waals surface area contributed by atoms with Crippen molar-refractivity contribution < 1.29 is 0 Å². The van der Waals surface area contributed by atoms with Crippen LogP contribution >= 0.6 is 0 Å². The van der Waals surface area contributed by atoms with Crippen LogP contribution in [0.1, 0.15) is 49.4 Å². The normalized spacial score (nSPS) is 19.2. The Kier molecular flexibility index (Phi) is 3.46. The standard InChI is InChI=1S/C21H21N5/c1-13-15-6-7-18-20(15)16(9-11-23-18)17-12-26(25-21(17)24-13)19(8-10-22)14-4-2-3-5-14/h6,9,11-12,14,19H,1-5,7-8H2,(H,24,25). The second-order valence-corrected chi connectivity index (χ2v) is 7.45. The molecule has 0 aromatic carbocycles. The van der Waals surface area contributed by atoms with Crippen LogP contribution in [0, 0.1) is 17.2 Å². The van der Waals surface area contributed by atoms with Crippen molar-refractivity contribution in [1.82, 2.24) is 14.8 Å². The van der Waals surface area contributed by atoms with E-state index >= 15 is 0 Å². The molecule has 1 atom stereocenters. The van der Waals surface area contributed by atoms with Crippen LogP contribution in [0.2, 0.25) is 0 Å². The fraction of sp³-hybridized carbons (Fsp3) is 0.381. The fourth-order valence-corrected chi connectivity index (χ4v) is 4.73. The van der Waals surface area contributed by atoms with Crippen LogP contribution in [0.5, 0.6) is 0 Å². The molecule has 5 nitrogen and oxygen atoms in total. The van der Waals surface area contributed by atoms with Gasteiger partial charge in [0.1, 0.15) is 0 Å². The minimum atomic E-state index is 0.148. The molecule has 0 bridgehead atoms. The predicted octanol–water partition coefficient (Wildman–Crippen LogP) is 4.47. The van der Waals surface area contributed by atoms with Crippen molar-refractivity contribution in [2.75, 3.05) is 5.32 Å². The Morgan fingerprint density at radius 1 is 1.35 bits per heavy atom. The Morgan fingerprint density at radius 2 is 2.19 bits per heavy atom. The zero-order valence-electron chi connectivity index (χ0n) is 14.7. The van der Waals surface area contributed by atoms with Crippen molar-refractivity contribution in [2.45, 2.75) is 44.6 Å². The number of nitrogens with zero attached hydrogens (tertiary/aromatic N) is 4. The van der Waals surface area contributed by atoms with Crippen molar-refractivity contribution in [2.24, 2.45) is 5.92 Å². The fourth-order valence-electron chi connectivity index (χ4n) is 4.73. The third kappa shape index (κ3) is 2.22. The molecule has 26 heavy (non-hydrogen) atoms. The van der Waals surface area contributed by atoms with Crippen molar-refractivity contribution in [3.05, 3.63) is 48.1 Å². The third-order valence-electron chi connectivity index (χ3n) is 6.00. The highest BCUT2D eigenvalue weighted by Crippen LogP contribution is 2.45. The summed E-state index contributed by atoms with van der Waals surface area (Å²) in [4.78, 5) is 4.54. The Bertz CT molecular complexity index is 969. The van der Waals surface area contributed by atoms with Gasteiger partial charge in [-0.25, -0.2) is 0 Å². The van der Waals surface area contributed by atoms with E-state index in [2.05, 4.69) is 41.3 Å². The summed E-state index contributed by atoms with van der Waals surface area (Å²) >= 11 is 0. The van der Waals surface area contributed by atoms with E-state index in [-0.39, 0.29) is 6.04 Å². The lowest BCUT2D eigenvalue weighted by molar-refractivity contribution is 0.315. The highest BCUT2D eigenvalue weighted by Gasteiger charge is 2.31. The van der Waals surface area contributed by atoms with Gasteiger partial charge in [0.25, 0.3) is 0 Å². The number of aromatic nitrogens is 3. The van der Waals surface area contributed by atoms with Gasteiger partial charge < -0.3 is 5.32 Å². The van der Waals surface area contributed by atoms with Crippen LogP contribution in [-0.2, 0) is 6.42 Å². The van der Waals surface area contributed by atoms with Gasteiger partial charge in [0, 0.05) is 41.2 Å². The number of nitriles is 1. The van der Waals surface area contributed by atoms with Gasteiger partial charge in [-0.05, 0) is 30.4 Å². The molecule has 2 aliphatic carbocycles. The molecule has 2 aromatic rings. The largest absolute Gasteiger partial charge is 0.338 e. The third-order valence-corrected chi connectivity index (χ3v) is 6.00. The molecule has 3 aliphatic rings. The Balaban J connectivity index is 1.64. The summed E-state index contributed by atoms with van der Waals surface area (Å²) in [7, 11) is 0. The van der Waals surface area contributed by atoms with E-state index < -0.39 is 0 Å². The number of anilines is 1. The summed E-state index contributed by atoms with van der Waals surface area (Å²) in [5, 5.41) is 17.6. The number of nitrogens with one attached hydrogen (secondary N) is 1. The number of pyridine rings is 1. The molecule has 130 valence electrons. The van der Waals surface area contributed by atoms with Crippen LogP contribution in [0.3, 0.4) is 0 Å². The molecule has 1 saturated carbocycles. The maximum Gasteiger partial charge on any atom is 0.160 e. The molecule has 0 radical (unpaired) electrons. The molecule has 2 aromatic heterocycles. The van der Waals surface area contributed by atoms with E-state index in [0.717, 1.165) is 40.3 Å². The van der Waals surface area contributed by atoms with Crippen LogP contribution in [0.25, 0.3) is 16.7 Å². The predicted molar refractivity (Wildman–Crippen MR) is 101 cm³/mol. The Morgan fingerprint density at radius 3 is 3.00 bits per heavy atom. The zero-order valence-corrected chi connectivity index (χ0v) is 14.7. The molecule has 5 rings (SSSR count). The van der Waals surface area contributed by atoms with E-state index in [4.69, 9.17) is 5.10 Å². The summed E-state index contributed by atoms with van der Waals surface area (Å²) in [6.07, 6.45) is 12.4. The first-order chi connectivity index (χ1) is 12.8. The number of rotatable bonds is 3. The molecule has 3 heterocycles. The smallest absolute Gasteiger partial charge is 0.160 e. The van der Waals surface area contributed by atoms with Gasteiger partial charge in [-0.2, -0.15) is 10.4 Å². The van der Waals surface area contributed by atoms with Gasteiger partial charge in [-0.1, -0.05) is 25.5 Å². The lowest BCUT2D eigenvalue weighted by atomic mass is 9.95. The van der Waals surface area contributed by atoms with Gasteiger partial charge in [0.15, 0.2) is 5.82 Å². The van der Waals surface area contributed by atoms with E-state index in [1.807, 2.05) is 10.9 Å². The topological polar surface area (TPSA) is 66.5 Å². The lowest BCUT2D eigenvalue weighted by Crippen LogP contribution is -2.18. The minimum Gasteiger partial charge on any atom is -0.338 e. The maximum atomic E-state index is 9.35. The first kappa shape index (κ1) is 15.4. The monoisotopic (exact) mass is 343 g/mol. The number of allylic oxidation sites excluding steroid dienone is 2. The van der Waals surface area contributed by atoms with Gasteiger partial charge in [0.2, 0.25) is 0 Å². The maximum absolute atomic E-state index is 9.35. The van der Waals surface area contributed by atoms with E-state index in [9.17, 15) is 5.26 Å². The average molecular weight is 343 g/mol. The molecule has 1 aliphatic heterocycles. The lowest BCUT2D eigenvalue weighted by Gasteiger charge is -2.21. The highest BCUT2D eigenvalue weighted by atomic mass is 15.3. The molecule has 0 spiro atoms. The molecule has 0 amide bonds. The van der Waals surface area contributed by atoms with E-state index in [0.29, 0.717) is 12.3 Å². The van der Waals surface area contributed by atoms with Crippen molar-refractivity contribution in [3.8, 4) is 17.2 Å². The number of fused-ring (bicyclic) bond motifs is 2. The molecule has 5 heteroatoms. The average Bonchev–Trinajstić information content (AvgIpc) is 3.37. The molecule has 0 saturated heterocycles. The number of hydrogen-bond acceptors (Lipinski definition) is 4. The van der Waals surface area contributed by atoms with Gasteiger partial charge in [-0.3, -0.25) is 9.67 Å². The van der Waals surface area contributed by atoms with Gasteiger partial charge in [-0.15, -0.1) is 0 Å². The second-order valence-electron chi connectivity index (χ2n) is 7.45. The second kappa shape index (κ2) is 5.84. The number of hydrogen-bond donors (Lipinski definition) is 1. The summed E-state index contributed by atoms with van der Waals surface area (Å²) in [6.45, 7) is 4.22. The van der Waals surface area contributed by atoms with Crippen LogP contribution < -0.4 is 5.32 Å². The first-order valence-corrected chi connectivity index (χ1v) is 9.37.